The highest BCUT2D eigenvalue weighted by Gasteiger charge is 2.11. The fourth-order valence-electron chi connectivity index (χ4n) is 1.19. The molecular formula is C8H13N2O. The van der Waals surface area contributed by atoms with Crippen LogP contribution in [0.2, 0.25) is 0 Å². The maximum Gasteiger partial charge on any atom is 0.261 e. The van der Waals surface area contributed by atoms with Crippen LogP contribution in [-0.4, -0.2) is 11.9 Å². The van der Waals surface area contributed by atoms with Gasteiger partial charge in [-0.1, -0.05) is 0 Å². The molecule has 1 aliphatic rings. The summed E-state index contributed by atoms with van der Waals surface area (Å²) in [7, 11) is 0. The zero-order valence-corrected chi connectivity index (χ0v) is 6.79. The molecule has 0 aromatic rings. The first kappa shape index (κ1) is 8.37. The number of amides is 1. The zero-order chi connectivity index (χ0) is 8.10. The molecule has 11 heavy (non-hydrogen) atoms. The van der Waals surface area contributed by atoms with E-state index in [0.717, 1.165) is 25.7 Å². The molecule has 0 saturated heterocycles. The van der Waals surface area contributed by atoms with Crippen LogP contribution in [0.25, 0.3) is 0 Å². The molecule has 3 heteroatoms. The predicted octanol–water partition coefficient (Wildman–Crippen LogP) is 2.13. The summed E-state index contributed by atoms with van der Waals surface area (Å²) in [5, 5.41) is 7.46. The third-order valence-corrected chi connectivity index (χ3v) is 1.77. The average Bonchev–Trinajstić information content (AvgIpc) is 2.03. The predicted molar refractivity (Wildman–Crippen MR) is 42.1 cm³/mol. The van der Waals surface area contributed by atoms with Crippen molar-refractivity contribution in [3.8, 4) is 0 Å². The molecule has 0 heterocycles. The quantitative estimate of drug-likeness (QED) is 0.532. The lowest BCUT2D eigenvalue weighted by atomic mass is 9.96. The van der Waals surface area contributed by atoms with Crippen LogP contribution in [0.1, 0.15) is 32.6 Å². The van der Waals surface area contributed by atoms with Crippen LogP contribution < -0.4 is 0 Å². The van der Waals surface area contributed by atoms with Gasteiger partial charge in [-0.05, 0) is 32.1 Å². The number of rotatable bonds is 1. The van der Waals surface area contributed by atoms with Gasteiger partial charge in [0.1, 0.15) is 0 Å². The molecule has 1 aliphatic carbocycles. The fourth-order valence-corrected chi connectivity index (χ4v) is 1.19. The molecule has 1 radical (unpaired) electrons. The molecule has 0 unspecified atom stereocenters. The second kappa shape index (κ2) is 4.21. The molecule has 0 atom stereocenters. The fraction of sp³-hybridized carbons (Fsp3) is 0.750. The Morgan fingerprint density at radius 3 is 2.64 bits per heavy atom. The van der Waals surface area contributed by atoms with E-state index in [9.17, 15) is 4.79 Å². The smallest absolute Gasteiger partial charge is 0.261 e. The minimum absolute atomic E-state index is 0.195. The van der Waals surface area contributed by atoms with Crippen LogP contribution in [-0.2, 0) is 4.79 Å². The van der Waals surface area contributed by atoms with Crippen molar-refractivity contribution >= 4 is 5.91 Å². The van der Waals surface area contributed by atoms with Crippen molar-refractivity contribution in [1.29, 1.82) is 0 Å². The molecule has 1 amide bonds. The van der Waals surface area contributed by atoms with Crippen molar-refractivity contribution in [3.63, 3.8) is 0 Å². The lowest BCUT2D eigenvalue weighted by Gasteiger charge is -2.15. The second-order valence-corrected chi connectivity index (χ2v) is 2.83. The summed E-state index contributed by atoms with van der Waals surface area (Å²) < 4.78 is 0. The Morgan fingerprint density at radius 1 is 1.45 bits per heavy atom. The van der Waals surface area contributed by atoms with E-state index >= 15 is 0 Å². The summed E-state index contributed by atoms with van der Waals surface area (Å²) in [5.41, 5.74) is 0. The van der Waals surface area contributed by atoms with Gasteiger partial charge in [0.2, 0.25) is 0 Å². The average molecular weight is 153 g/mol. The number of hydrogen-bond acceptors (Lipinski definition) is 2. The van der Waals surface area contributed by atoms with Gasteiger partial charge in [-0.2, -0.15) is 5.11 Å². The number of azo groups is 1. The largest absolute Gasteiger partial charge is 0.271 e. The van der Waals surface area contributed by atoms with E-state index in [2.05, 4.69) is 16.6 Å². The SMILES string of the molecule is CC(=O)N=NC1CC[CH]CC1. The van der Waals surface area contributed by atoms with Gasteiger partial charge in [0.25, 0.3) is 5.91 Å². The molecule has 0 aromatic carbocycles. The topological polar surface area (TPSA) is 41.8 Å². The Bertz CT molecular complexity index is 159. The molecule has 0 spiro atoms. The van der Waals surface area contributed by atoms with Crippen molar-refractivity contribution < 1.29 is 4.79 Å². The normalized spacial score (nSPS) is 20.8. The van der Waals surface area contributed by atoms with E-state index in [4.69, 9.17) is 0 Å². The highest BCUT2D eigenvalue weighted by molar-refractivity contribution is 5.73. The van der Waals surface area contributed by atoms with Gasteiger partial charge in [0.05, 0.1) is 6.04 Å². The highest BCUT2D eigenvalue weighted by atomic mass is 16.1. The summed E-state index contributed by atoms with van der Waals surface area (Å²) >= 11 is 0. The van der Waals surface area contributed by atoms with Crippen molar-refractivity contribution in [2.45, 2.75) is 38.6 Å². The number of carbonyl (C=O) groups excluding carboxylic acids is 1. The summed E-state index contributed by atoms with van der Waals surface area (Å²) in [6, 6.07) is 0.295. The van der Waals surface area contributed by atoms with Gasteiger partial charge in [0.15, 0.2) is 0 Å². The van der Waals surface area contributed by atoms with Crippen molar-refractivity contribution in [1.82, 2.24) is 0 Å². The Kier molecular flexibility index (Phi) is 3.20. The lowest BCUT2D eigenvalue weighted by molar-refractivity contribution is -0.116. The number of hydrogen-bond donors (Lipinski definition) is 0. The van der Waals surface area contributed by atoms with Crippen LogP contribution in [0.3, 0.4) is 0 Å². The monoisotopic (exact) mass is 153 g/mol. The Labute approximate surface area is 66.9 Å². The first-order valence-electron chi connectivity index (χ1n) is 4.02. The van der Waals surface area contributed by atoms with E-state index < -0.39 is 0 Å². The summed E-state index contributed by atoms with van der Waals surface area (Å²) in [6.45, 7) is 1.43. The zero-order valence-electron chi connectivity index (χ0n) is 6.79. The van der Waals surface area contributed by atoms with Crippen LogP contribution in [0, 0.1) is 6.42 Å². The van der Waals surface area contributed by atoms with Crippen molar-refractivity contribution in [2.24, 2.45) is 10.2 Å². The molecule has 0 N–H and O–H groups in total. The molecule has 0 aliphatic heterocycles. The minimum atomic E-state index is -0.195. The molecule has 61 valence electrons. The van der Waals surface area contributed by atoms with E-state index in [1.807, 2.05) is 0 Å². The molecule has 0 aromatic heterocycles. The summed E-state index contributed by atoms with van der Waals surface area (Å²) in [5.74, 6) is -0.195. The maximum atomic E-state index is 10.4. The van der Waals surface area contributed by atoms with Gasteiger partial charge in [0, 0.05) is 6.92 Å². The molecule has 1 saturated carbocycles. The number of nitrogens with zero attached hydrogens (tertiary/aromatic N) is 2. The van der Waals surface area contributed by atoms with Crippen molar-refractivity contribution in [2.75, 3.05) is 0 Å². The van der Waals surface area contributed by atoms with Gasteiger partial charge < -0.3 is 0 Å². The van der Waals surface area contributed by atoms with Gasteiger partial charge in [-0.25, -0.2) is 0 Å². The van der Waals surface area contributed by atoms with Crippen LogP contribution in [0.5, 0.6) is 0 Å². The van der Waals surface area contributed by atoms with Crippen LogP contribution in [0.15, 0.2) is 10.2 Å². The van der Waals surface area contributed by atoms with E-state index in [-0.39, 0.29) is 5.91 Å². The minimum Gasteiger partial charge on any atom is -0.271 e. The number of carbonyl (C=O) groups is 1. The van der Waals surface area contributed by atoms with E-state index in [1.54, 1.807) is 0 Å². The summed E-state index contributed by atoms with van der Waals surface area (Å²) in [6.07, 6.45) is 6.59. The maximum absolute atomic E-state index is 10.4. The molecule has 0 bridgehead atoms. The first-order valence-corrected chi connectivity index (χ1v) is 4.02. The van der Waals surface area contributed by atoms with Crippen LogP contribution in [0.4, 0.5) is 0 Å². The van der Waals surface area contributed by atoms with E-state index in [0.29, 0.717) is 6.04 Å². The Balaban J connectivity index is 2.29. The Morgan fingerprint density at radius 2 is 2.09 bits per heavy atom. The van der Waals surface area contributed by atoms with Crippen LogP contribution >= 0.6 is 0 Å². The third kappa shape index (κ3) is 3.25. The van der Waals surface area contributed by atoms with Gasteiger partial charge in [-0.15, -0.1) is 5.11 Å². The molecular weight excluding hydrogens is 140 g/mol. The van der Waals surface area contributed by atoms with Crippen molar-refractivity contribution in [3.05, 3.63) is 6.42 Å². The van der Waals surface area contributed by atoms with Gasteiger partial charge >= 0.3 is 0 Å². The molecule has 1 rings (SSSR count). The second-order valence-electron chi connectivity index (χ2n) is 2.83. The Hall–Kier alpha value is -0.730. The van der Waals surface area contributed by atoms with Gasteiger partial charge in [-0.3, -0.25) is 4.79 Å². The van der Waals surface area contributed by atoms with E-state index in [1.165, 1.54) is 6.92 Å². The third-order valence-electron chi connectivity index (χ3n) is 1.77. The highest BCUT2D eigenvalue weighted by Crippen LogP contribution is 2.19. The summed E-state index contributed by atoms with van der Waals surface area (Å²) in [4.78, 5) is 10.4. The first-order chi connectivity index (χ1) is 5.29. The lowest BCUT2D eigenvalue weighted by Crippen LogP contribution is -2.09. The molecule has 1 fully saturated rings. The molecule has 3 nitrogen and oxygen atoms in total. The standard InChI is InChI=1S/C8H13N2O/c1-7(11)9-10-8-5-3-2-4-6-8/h2,8H,3-6H2,1H3.